The number of nitrogens with zero attached hydrogens (tertiary/aromatic N) is 5. The third-order valence-electron chi connectivity index (χ3n) is 5.85. The second-order valence-corrected chi connectivity index (χ2v) is 8.50. The predicted octanol–water partition coefficient (Wildman–Crippen LogP) is 2.56. The Kier molecular flexibility index (Phi) is 7.36. The fraction of sp³-hybridized carbons (Fsp3) is 0.400. The number of pyridine rings is 1. The van der Waals surface area contributed by atoms with Gasteiger partial charge in [0.15, 0.2) is 0 Å². The molecule has 1 atom stereocenters. The summed E-state index contributed by atoms with van der Waals surface area (Å²) in [6.07, 6.45) is 5.47. The molecule has 0 unspecified atom stereocenters. The van der Waals surface area contributed by atoms with Crippen LogP contribution in [0.5, 0.6) is 5.75 Å². The molecule has 33 heavy (non-hydrogen) atoms. The Balaban J connectivity index is 1.49. The Labute approximate surface area is 194 Å². The molecule has 3 aromatic rings. The highest BCUT2D eigenvalue weighted by Gasteiger charge is 2.29. The number of rotatable bonds is 8. The maximum absolute atomic E-state index is 13.2. The monoisotopic (exact) mass is 449 g/mol. The highest BCUT2D eigenvalue weighted by atomic mass is 16.5. The number of hydrogen-bond donors (Lipinski definition) is 0. The number of amides is 1. The molecule has 1 aliphatic heterocycles. The molecule has 1 saturated heterocycles. The first-order valence-corrected chi connectivity index (χ1v) is 11.1. The van der Waals surface area contributed by atoms with E-state index in [1.165, 1.54) is 0 Å². The molecule has 0 aliphatic carbocycles. The molecule has 0 saturated carbocycles. The molecule has 0 radical (unpaired) electrons. The number of ether oxygens (including phenoxy) is 2. The first kappa shape index (κ1) is 22.9. The second-order valence-electron chi connectivity index (χ2n) is 8.50. The lowest BCUT2D eigenvalue weighted by molar-refractivity contribution is -0.132. The van der Waals surface area contributed by atoms with Crippen LogP contribution in [0.2, 0.25) is 0 Å². The van der Waals surface area contributed by atoms with E-state index < -0.39 is 0 Å². The summed E-state index contributed by atoms with van der Waals surface area (Å²) in [4.78, 5) is 21.5. The molecule has 1 aliphatic rings. The standard InChI is InChI=1S/C25H31N5O3/c1-19-22(13-28(2)27-19)14-29-15-24(33-18-21-5-4-10-26-11-21)16-30(25(31)17-29)12-20-6-8-23(32-3)9-7-20/h4-11,13,24H,12,14-18H2,1-3H3/t24-/m0/s1. The zero-order chi connectivity index (χ0) is 23.2. The van der Waals surface area contributed by atoms with E-state index in [-0.39, 0.29) is 12.0 Å². The van der Waals surface area contributed by atoms with Gasteiger partial charge in [-0.3, -0.25) is 19.4 Å². The van der Waals surface area contributed by atoms with Gasteiger partial charge < -0.3 is 14.4 Å². The minimum absolute atomic E-state index is 0.0971. The molecule has 0 spiro atoms. The molecule has 1 amide bonds. The number of carbonyl (C=O) groups excluding carboxylic acids is 1. The predicted molar refractivity (Wildman–Crippen MR) is 124 cm³/mol. The molecule has 1 fully saturated rings. The van der Waals surface area contributed by atoms with Gasteiger partial charge in [-0.15, -0.1) is 0 Å². The first-order chi connectivity index (χ1) is 16.0. The van der Waals surface area contributed by atoms with Crippen molar-refractivity contribution in [2.45, 2.75) is 32.7 Å². The Morgan fingerprint density at radius 1 is 1.09 bits per heavy atom. The van der Waals surface area contributed by atoms with E-state index >= 15 is 0 Å². The summed E-state index contributed by atoms with van der Waals surface area (Å²) < 4.78 is 13.4. The average molecular weight is 450 g/mol. The fourth-order valence-corrected chi connectivity index (χ4v) is 4.12. The minimum atomic E-state index is -0.119. The van der Waals surface area contributed by atoms with Gasteiger partial charge in [-0.05, 0) is 36.2 Å². The van der Waals surface area contributed by atoms with E-state index in [1.54, 1.807) is 13.3 Å². The van der Waals surface area contributed by atoms with Crippen LogP contribution in [-0.4, -0.2) is 63.3 Å². The summed E-state index contributed by atoms with van der Waals surface area (Å²) in [6, 6.07) is 11.7. The van der Waals surface area contributed by atoms with Crippen molar-refractivity contribution in [2.24, 2.45) is 7.05 Å². The number of aryl methyl sites for hydroxylation is 2. The van der Waals surface area contributed by atoms with Gasteiger partial charge in [0.1, 0.15) is 5.75 Å². The summed E-state index contributed by atoms with van der Waals surface area (Å²) in [5.74, 6) is 0.900. The van der Waals surface area contributed by atoms with E-state index in [0.717, 1.165) is 28.1 Å². The van der Waals surface area contributed by atoms with Gasteiger partial charge in [-0.2, -0.15) is 5.10 Å². The lowest BCUT2D eigenvalue weighted by Gasteiger charge is -2.25. The van der Waals surface area contributed by atoms with E-state index in [0.29, 0.717) is 39.3 Å². The zero-order valence-corrected chi connectivity index (χ0v) is 19.5. The van der Waals surface area contributed by atoms with Crippen LogP contribution in [-0.2, 0) is 36.3 Å². The molecule has 8 nitrogen and oxygen atoms in total. The molecule has 2 aromatic heterocycles. The van der Waals surface area contributed by atoms with Crippen LogP contribution in [0.3, 0.4) is 0 Å². The SMILES string of the molecule is COc1ccc(CN2C[C@@H](OCc3cccnc3)CN(Cc3cn(C)nc3C)CC2=O)cc1. The third kappa shape index (κ3) is 6.18. The summed E-state index contributed by atoms with van der Waals surface area (Å²) in [6.45, 7) is 5.21. The van der Waals surface area contributed by atoms with Crippen molar-refractivity contribution in [3.63, 3.8) is 0 Å². The second kappa shape index (κ2) is 10.6. The van der Waals surface area contributed by atoms with Crippen molar-refractivity contribution in [3.05, 3.63) is 77.4 Å². The average Bonchev–Trinajstić information content (AvgIpc) is 3.05. The molecule has 1 aromatic carbocycles. The minimum Gasteiger partial charge on any atom is -0.497 e. The largest absolute Gasteiger partial charge is 0.497 e. The Morgan fingerprint density at radius 3 is 2.58 bits per heavy atom. The summed E-state index contributed by atoms with van der Waals surface area (Å²) in [5.41, 5.74) is 4.19. The van der Waals surface area contributed by atoms with Crippen molar-refractivity contribution >= 4 is 5.91 Å². The van der Waals surface area contributed by atoms with Crippen molar-refractivity contribution in [1.82, 2.24) is 24.6 Å². The lowest BCUT2D eigenvalue weighted by atomic mass is 10.2. The van der Waals surface area contributed by atoms with Crippen LogP contribution >= 0.6 is 0 Å². The maximum atomic E-state index is 13.2. The van der Waals surface area contributed by atoms with Crippen LogP contribution in [0.25, 0.3) is 0 Å². The van der Waals surface area contributed by atoms with E-state index in [1.807, 2.05) is 72.3 Å². The quantitative estimate of drug-likeness (QED) is 0.526. The van der Waals surface area contributed by atoms with Crippen LogP contribution in [0, 0.1) is 6.92 Å². The van der Waals surface area contributed by atoms with Crippen molar-refractivity contribution in [1.29, 1.82) is 0 Å². The summed E-state index contributed by atoms with van der Waals surface area (Å²) >= 11 is 0. The van der Waals surface area contributed by atoms with E-state index in [9.17, 15) is 4.79 Å². The molecular formula is C25H31N5O3. The number of carbonyl (C=O) groups is 1. The van der Waals surface area contributed by atoms with Gasteiger partial charge in [0, 0.05) is 57.4 Å². The lowest BCUT2D eigenvalue weighted by Crippen LogP contribution is -2.37. The highest BCUT2D eigenvalue weighted by molar-refractivity contribution is 5.78. The summed E-state index contributed by atoms with van der Waals surface area (Å²) in [7, 11) is 3.57. The van der Waals surface area contributed by atoms with Gasteiger partial charge in [-0.25, -0.2) is 0 Å². The third-order valence-corrected chi connectivity index (χ3v) is 5.85. The van der Waals surface area contributed by atoms with Gasteiger partial charge in [0.25, 0.3) is 0 Å². The number of aromatic nitrogens is 3. The molecule has 4 rings (SSSR count). The maximum Gasteiger partial charge on any atom is 0.237 e. The smallest absolute Gasteiger partial charge is 0.237 e. The molecule has 174 valence electrons. The van der Waals surface area contributed by atoms with E-state index in [4.69, 9.17) is 9.47 Å². The van der Waals surface area contributed by atoms with Crippen molar-refractivity contribution < 1.29 is 14.3 Å². The fourth-order valence-electron chi connectivity index (χ4n) is 4.12. The van der Waals surface area contributed by atoms with Crippen LogP contribution in [0.15, 0.2) is 55.0 Å². The van der Waals surface area contributed by atoms with Gasteiger partial charge in [0.2, 0.25) is 5.91 Å². The normalized spacial score (nSPS) is 17.2. The molecule has 0 bridgehead atoms. The van der Waals surface area contributed by atoms with Gasteiger partial charge >= 0.3 is 0 Å². The molecule has 3 heterocycles. The highest BCUT2D eigenvalue weighted by Crippen LogP contribution is 2.18. The molecule has 0 N–H and O–H groups in total. The Bertz CT molecular complexity index is 1050. The number of methoxy groups -OCH3 is 1. The number of benzene rings is 1. The van der Waals surface area contributed by atoms with E-state index in [2.05, 4.69) is 15.0 Å². The number of hydrogen-bond acceptors (Lipinski definition) is 6. The van der Waals surface area contributed by atoms with Gasteiger partial charge in [0.05, 0.1) is 32.1 Å². The Hall–Kier alpha value is -3.23. The van der Waals surface area contributed by atoms with Crippen molar-refractivity contribution in [2.75, 3.05) is 26.7 Å². The zero-order valence-electron chi connectivity index (χ0n) is 19.5. The van der Waals surface area contributed by atoms with Crippen LogP contribution in [0.4, 0.5) is 0 Å². The van der Waals surface area contributed by atoms with Crippen LogP contribution in [0.1, 0.15) is 22.4 Å². The van der Waals surface area contributed by atoms with Crippen molar-refractivity contribution in [3.8, 4) is 5.75 Å². The molecule has 8 heteroatoms. The first-order valence-electron chi connectivity index (χ1n) is 11.1. The summed E-state index contributed by atoms with van der Waals surface area (Å²) in [5, 5.41) is 4.45. The molecular weight excluding hydrogens is 418 g/mol. The topological polar surface area (TPSA) is 72.7 Å². The van der Waals surface area contributed by atoms with Crippen LogP contribution < -0.4 is 4.74 Å². The Morgan fingerprint density at radius 2 is 1.91 bits per heavy atom. The van der Waals surface area contributed by atoms with Gasteiger partial charge in [-0.1, -0.05) is 18.2 Å².